The molecule has 1 fully saturated rings. The summed E-state index contributed by atoms with van der Waals surface area (Å²) < 4.78 is 37.8. The van der Waals surface area contributed by atoms with Gasteiger partial charge in [0.05, 0.1) is 35.3 Å². The highest BCUT2D eigenvalue weighted by molar-refractivity contribution is 5.77. The van der Waals surface area contributed by atoms with E-state index in [4.69, 9.17) is 9.47 Å². The lowest BCUT2D eigenvalue weighted by atomic mass is 9.80. The molecule has 10 heteroatoms. The lowest BCUT2D eigenvalue weighted by Gasteiger charge is -2.38. The van der Waals surface area contributed by atoms with E-state index in [-0.39, 0.29) is 11.7 Å². The molecule has 3 aromatic heterocycles. The van der Waals surface area contributed by atoms with Gasteiger partial charge in [0.1, 0.15) is 11.6 Å². The van der Waals surface area contributed by atoms with Gasteiger partial charge < -0.3 is 14.4 Å². The first kappa shape index (κ1) is 26.5. The van der Waals surface area contributed by atoms with Crippen molar-refractivity contribution in [3.63, 3.8) is 0 Å². The zero-order valence-electron chi connectivity index (χ0n) is 22.2. The van der Waals surface area contributed by atoms with Crippen LogP contribution in [-0.4, -0.2) is 51.6 Å². The molecule has 0 unspecified atom stereocenters. The van der Waals surface area contributed by atoms with Gasteiger partial charge in [-0.2, -0.15) is 8.78 Å². The molecule has 4 heterocycles. The van der Waals surface area contributed by atoms with Crippen molar-refractivity contribution in [2.75, 3.05) is 24.6 Å². The summed E-state index contributed by atoms with van der Waals surface area (Å²) >= 11 is 0. The number of alkyl halides is 2. The Labute approximate surface area is 225 Å². The number of aromatic nitrogens is 4. The molecule has 0 amide bonds. The fourth-order valence-corrected chi connectivity index (χ4v) is 4.99. The molecule has 0 aliphatic carbocycles. The van der Waals surface area contributed by atoms with Crippen LogP contribution < -0.4 is 9.64 Å². The maximum atomic E-state index is 12.9. The highest BCUT2D eigenvalue weighted by Gasteiger charge is 2.38. The number of hydrogen-bond donors (Lipinski definition) is 0. The molecule has 1 saturated heterocycles. The quantitative estimate of drug-likeness (QED) is 0.277. The summed E-state index contributed by atoms with van der Waals surface area (Å²) in [5, 5.41) is 0. The molecule has 1 aliphatic heterocycles. The summed E-state index contributed by atoms with van der Waals surface area (Å²) in [7, 11) is 0. The number of imidazole rings is 1. The number of aryl methyl sites for hydroxylation is 1. The first-order valence-electron chi connectivity index (χ1n) is 13.0. The van der Waals surface area contributed by atoms with E-state index in [1.54, 1.807) is 36.7 Å². The molecule has 5 rings (SSSR count). The molecule has 0 spiro atoms. The summed E-state index contributed by atoms with van der Waals surface area (Å²) in [4.78, 5) is 28.4. The number of piperidine rings is 1. The molecular weight excluding hydrogens is 504 g/mol. The van der Waals surface area contributed by atoms with Gasteiger partial charge in [0, 0.05) is 43.0 Å². The number of anilines is 1. The van der Waals surface area contributed by atoms with E-state index in [1.807, 2.05) is 43.5 Å². The number of nitrogens with zero attached hydrogens (tertiary/aromatic N) is 5. The van der Waals surface area contributed by atoms with Crippen molar-refractivity contribution in [3.8, 4) is 17.0 Å². The zero-order valence-corrected chi connectivity index (χ0v) is 22.2. The summed E-state index contributed by atoms with van der Waals surface area (Å²) in [5.41, 5.74) is 4.06. The molecule has 0 bridgehead atoms. The number of pyridine rings is 1. The highest BCUT2D eigenvalue weighted by atomic mass is 19.3. The van der Waals surface area contributed by atoms with E-state index in [1.165, 1.54) is 0 Å². The number of halogens is 2. The molecule has 1 aliphatic rings. The number of rotatable bonds is 8. The molecule has 39 heavy (non-hydrogen) atoms. The third-order valence-corrected chi connectivity index (χ3v) is 7.36. The van der Waals surface area contributed by atoms with Gasteiger partial charge in [-0.1, -0.05) is 18.2 Å². The van der Waals surface area contributed by atoms with Crippen LogP contribution in [0.1, 0.15) is 43.6 Å². The Kier molecular flexibility index (Phi) is 7.45. The summed E-state index contributed by atoms with van der Waals surface area (Å²) in [6.07, 6.45) is 7.17. The van der Waals surface area contributed by atoms with Gasteiger partial charge in [-0.3, -0.25) is 14.2 Å². The second-order valence-corrected chi connectivity index (χ2v) is 9.98. The molecule has 8 nitrogen and oxygen atoms in total. The Morgan fingerprint density at radius 2 is 1.87 bits per heavy atom. The Bertz CT molecular complexity index is 1460. The molecule has 0 atom stereocenters. The standard InChI is InChI=1S/C29H31F2N5O3/c1-4-38-27(37)29(3)11-13-35(14-12-29)25-10-9-21(16-33-25)22-18-36-23(19(2)34-26(36)17-32-22)15-20-7-5-6-8-24(20)39-28(30)31/h5-10,16-18,28H,4,11-15H2,1-3H3. The maximum absolute atomic E-state index is 12.9. The third kappa shape index (κ3) is 5.55. The van der Waals surface area contributed by atoms with Crippen molar-refractivity contribution < 1.29 is 23.0 Å². The predicted octanol–water partition coefficient (Wildman–Crippen LogP) is 5.46. The maximum Gasteiger partial charge on any atom is 0.387 e. The topological polar surface area (TPSA) is 81.9 Å². The number of carbonyl (C=O) groups excluding carboxylic acids is 1. The van der Waals surface area contributed by atoms with Crippen LogP contribution in [0.2, 0.25) is 0 Å². The van der Waals surface area contributed by atoms with E-state index >= 15 is 0 Å². The largest absolute Gasteiger partial charge is 0.466 e. The SMILES string of the molecule is CCOC(=O)C1(C)CCN(c2ccc(-c3cn4c(Cc5ccccc5OC(F)F)c(C)nc4cn3)cn2)CC1. The van der Waals surface area contributed by atoms with Crippen molar-refractivity contribution in [1.29, 1.82) is 0 Å². The first-order valence-corrected chi connectivity index (χ1v) is 13.0. The Morgan fingerprint density at radius 3 is 2.56 bits per heavy atom. The van der Waals surface area contributed by atoms with Crippen LogP contribution in [-0.2, 0) is 16.0 Å². The van der Waals surface area contributed by atoms with Gasteiger partial charge in [-0.05, 0) is 51.8 Å². The summed E-state index contributed by atoms with van der Waals surface area (Å²) in [6, 6.07) is 10.7. The van der Waals surface area contributed by atoms with Crippen LogP contribution in [0.15, 0.2) is 55.0 Å². The van der Waals surface area contributed by atoms with E-state index in [9.17, 15) is 13.6 Å². The molecular formula is C29H31F2N5O3. The molecule has 4 aromatic rings. The average molecular weight is 536 g/mol. The minimum Gasteiger partial charge on any atom is -0.466 e. The fraction of sp³-hybridized carbons (Fsp3) is 0.379. The fourth-order valence-electron chi connectivity index (χ4n) is 4.99. The van der Waals surface area contributed by atoms with E-state index in [0.29, 0.717) is 42.8 Å². The number of carbonyl (C=O) groups is 1. The van der Waals surface area contributed by atoms with Crippen LogP contribution in [0, 0.1) is 12.3 Å². The van der Waals surface area contributed by atoms with Gasteiger partial charge >= 0.3 is 12.6 Å². The zero-order chi connectivity index (χ0) is 27.6. The smallest absolute Gasteiger partial charge is 0.387 e. The number of ether oxygens (including phenoxy) is 2. The monoisotopic (exact) mass is 535 g/mol. The van der Waals surface area contributed by atoms with Gasteiger partial charge in [0.2, 0.25) is 0 Å². The van der Waals surface area contributed by atoms with Crippen LogP contribution in [0.3, 0.4) is 0 Å². The number of esters is 1. The van der Waals surface area contributed by atoms with Crippen LogP contribution in [0.5, 0.6) is 5.75 Å². The van der Waals surface area contributed by atoms with Crippen LogP contribution >= 0.6 is 0 Å². The minimum absolute atomic E-state index is 0.131. The minimum atomic E-state index is -2.90. The van der Waals surface area contributed by atoms with Crippen molar-refractivity contribution in [1.82, 2.24) is 19.4 Å². The molecule has 204 valence electrons. The van der Waals surface area contributed by atoms with Gasteiger partial charge in [0.25, 0.3) is 0 Å². The van der Waals surface area contributed by atoms with Gasteiger partial charge in [0.15, 0.2) is 5.65 Å². The number of para-hydroxylation sites is 1. The first-order chi connectivity index (χ1) is 18.8. The molecule has 0 saturated carbocycles. The van der Waals surface area contributed by atoms with E-state index in [2.05, 4.69) is 19.9 Å². The number of hydrogen-bond acceptors (Lipinski definition) is 7. The van der Waals surface area contributed by atoms with Crippen molar-refractivity contribution in [2.24, 2.45) is 5.41 Å². The Balaban J connectivity index is 1.35. The molecule has 0 radical (unpaired) electrons. The van der Waals surface area contributed by atoms with Crippen LogP contribution in [0.25, 0.3) is 16.9 Å². The third-order valence-electron chi connectivity index (χ3n) is 7.36. The van der Waals surface area contributed by atoms with Crippen molar-refractivity contribution in [3.05, 3.63) is 71.9 Å². The lowest BCUT2D eigenvalue weighted by molar-refractivity contribution is -0.155. The lowest BCUT2D eigenvalue weighted by Crippen LogP contribution is -2.43. The Morgan fingerprint density at radius 1 is 1.10 bits per heavy atom. The normalized spacial score (nSPS) is 15.1. The predicted molar refractivity (Wildman–Crippen MR) is 143 cm³/mol. The van der Waals surface area contributed by atoms with E-state index < -0.39 is 12.0 Å². The summed E-state index contributed by atoms with van der Waals surface area (Å²) in [5.74, 6) is 0.866. The summed E-state index contributed by atoms with van der Waals surface area (Å²) in [6.45, 7) is 4.63. The average Bonchev–Trinajstić information content (AvgIpc) is 3.24. The van der Waals surface area contributed by atoms with Gasteiger partial charge in [-0.25, -0.2) is 9.97 Å². The molecule has 1 aromatic carbocycles. The van der Waals surface area contributed by atoms with E-state index in [0.717, 1.165) is 35.9 Å². The Hall–Kier alpha value is -4.08. The second kappa shape index (κ2) is 11.0. The second-order valence-electron chi connectivity index (χ2n) is 9.98. The van der Waals surface area contributed by atoms with Crippen molar-refractivity contribution in [2.45, 2.75) is 46.6 Å². The van der Waals surface area contributed by atoms with Gasteiger partial charge in [-0.15, -0.1) is 0 Å². The van der Waals surface area contributed by atoms with Crippen molar-refractivity contribution >= 4 is 17.4 Å². The van der Waals surface area contributed by atoms with Crippen LogP contribution in [0.4, 0.5) is 14.6 Å². The number of benzene rings is 1. The molecule has 0 N–H and O–H groups in total. The highest BCUT2D eigenvalue weighted by Crippen LogP contribution is 2.34. The number of fused-ring (bicyclic) bond motifs is 1.